The van der Waals surface area contributed by atoms with Gasteiger partial charge in [0, 0.05) is 13.0 Å². The molecule has 0 fully saturated rings. The first-order chi connectivity index (χ1) is 13.9. The Morgan fingerprint density at radius 1 is 0.690 bits per heavy atom. The fourth-order valence-corrected chi connectivity index (χ4v) is 3.52. The first-order valence-electron chi connectivity index (χ1n) is 10.1. The summed E-state index contributed by atoms with van der Waals surface area (Å²) in [4.78, 5) is 4.77. The Morgan fingerprint density at radius 3 is 2.03 bits per heavy atom. The van der Waals surface area contributed by atoms with Crippen LogP contribution in [-0.2, 0) is 0 Å². The predicted octanol–water partition coefficient (Wildman–Crippen LogP) is 6.55. The van der Waals surface area contributed by atoms with E-state index >= 15 is 0 Å². The highest BCUT2D eigenvalue weighted by Crippen LogP contribution is 2.27. The van der Waals surface area contributed by atoms with E-state index in [0.29, 0.717) is 0 Å². The molecule has 0 saturated carbocycles. The van der Waals surface area contributed by atoms with Crippen molar-refractivity contribution in [2.75, 3.05) is 6.54 Å². The molecule has 4 rings (SSSR count). The molecule has 0 aromatic heterocycles. The molecule has 1 heterocycles. The van der Waals surface area contributed by atoms with Crippen LogP contribution in [0.3, 0.4) is 0 Å². The number of ether oxygens (including phenoxy) is 1. The molecule has 150 valence electrons. The van der Waals surface area contributed by atoms with Crippen molar-refractivity contribution in [3.63, 3.8) is 0 Å². The summed E-state index contributed by atoms with van der Waals surface area (Å²) in [7, 11) is 0. The first-order valence-corrected chi connectivity index (χ1v) is 10.1. The molecule has 1 atom stereocenters. The maximum Gasteiger partial charge on any atom is 0.127 e. The molecular weight excluding hydrogens is 380 g/mol. The van der Waals surface area contributed by atoms with Gasteiger partial charge in [0.1, 0.15) is 11.5 Å². The number of nitrogens with one attached hydrogen (secondary N) is 1. The van der Waals surface area contributed by atoms with Crippen LogP contribution in [-0.4, -0.2) is 12.4 Å². The highest BCUT2D eigenvalue weighted by atomic mass is 35.5. The molecule has 3 aromatic rings. The first kappa shape index (κ1) is 20.9. The van der Waals surface area contributed by atoms with E-state index in [1.54, 1.807) is 0 Å². The fourth-order valence-electron chi connectivity index (χ4n) is 3.52. The highest BCUT2D eigenvalue weighted by molar-refractivity contribution is 5.85. The topological polar surface area (TPSA) is 33.6 Å². The van der Waals surface area contributed by atoms with Gasteiger partial charge in [-0.15, -0.1) is 12.4 Å². The van der Waals surface area contributed by atoms with Gasteiger partial charge < -0.3 is 10.1 Å². The van der Waals surface area contributed by atoms with Crippen molar-refractivity contribution >= 4 is 18.2 Å². The Hall–Kier alpha value is -2.78. The van der Waals surface area contributed by atoms with Gasteiger partial charge in [-0.3, -0.25) is 4.99 Å². The SMILES string of the molecule is Cl.c1ccc(Oc2ccc(C(NC3=NCCCCC3)c3ccccc3)cc2)cc1. The summed E-state index contributed by atoms with van der Waals surface area (Å²) in [5.41, 5.74) is 2.45. The summed E-state index contributed by atoms with van der Waals surface area (Å²) in [6.07, 6.45) is 4.68. The molecule has 4 heteroatoms. The maximum absolute atomic E-state index is 5.94. The van der Waals surface area contributed by atoms with Crippen molar-refractivity contribution in [2.45, 2.75) is 31.7 Å². The third kappa shape index (κ3) is 5.85. The number of rotatable bonds is 5. The van der Waals surface area contributed by atoms with Gasteiger partial charge in [0.05, 0.1) is 11.9 Å². The summed E-state index contributed by atoms with van der Waals surface area (Å²) >= 11 is 0. The average Bonchev–Trinajstić information content (AvgIpc) is 3.03. The predicted molar refractivity (Wildman–Crippen MR) is 122 cm³/mol. The van der Waals surface area contributed by atoms with Crippen LogP contribution in [0.4, 0.5) is 0 Å². The van der Waals surface area contributed by atoms with Crippen molar-refractivity contribution < 1.29 is 4.74 Å². The van der Waals surface area contributed by atoms with E-state index < -0.39 is 0 Å². The zero-order valence-electron chi connectivity index (χ0n) is 16.5. The van der Waals surface area contributed by atoms with E-state index in [0.717, 1.165) is 30.3 Å². The van der Waals surface area contributed by atoms with Crippen LogP contribution in [0.2, 0.25) is 0 Å². The van der Waals surface area contributed by atoms with E-state index in [1.807, 2.05) is 42.5 Å². The second-order valence-electron chi connectivity index (χ2n) is 7.11. The normalized spacial score (nSPS) is 14.7. The number of hydrogen-bond donors (Lipinski definition) is 1. The third-order valence-electron chi connectivity index (χ3n) is 5.01. The molecule has 0 aliphatic carbocycles. The Bertz CT molecular complexity index is 895. The smallest absolute Gasteiger partial charge is 0.127 e. The number of benzene rings is 3. The molecule has 3 nitrogen and oxygen atoms in total. The minimum atomic E-state index is 0. The summed E-state index contributed by atoms with van der Waals surface area (Å²) in [5, 5.41) is 3.71. The quantitative estimate of drug-likeness (QED) is 0.521. The zero-order chi connectivity index (χ0) is 19.0. The minimum Gasteiger partial charge on any atom is -0.457 e. The molecule has 1 aliphatic rings. The van der Waals surface area contributed by atoms with Crippen LogP contribution in [0.25, 0.3) is 0 Å². The Morgan fingerprint density at radius 2 is 1.31 bits per heavy atom. The molecule has 1 N–H and O–H groups in total. The van der Waals surface area contributed by atoms with Crippen LogP contribution in [0.1, 0.15) is 42.9 Å². The molecule has 3 aromatic carbocycles. The largest absolute Gasteiger partial charge is 0.457 e. The fraction of sp³-hybridized carbons (Fsp3) is 0.240. The second kappa shape index (κ2) is 10.7. The minimum absolute atomic E-state index is 0. The summed E-state index contributed by atoms with van der Waals surface area (Å²) in [6.45, 7) is 0.924. The molecule has 0 radical (unpaired) electrons. The van der Waals surface area contributed by atoms with E-state index in [2.05, 4.69) is 47.8 Å². The summed E-state index contributed by atoms with van der Waals surface area (Å²) < 4.78 is 5.94. The molecule has 0 bridgehead atoms. The van der Waals surface area contributed by atoms with Crippen LogP contribution in [0.15, 0.2) is 89.9 Å². The van der Waals surface area contributed by atoms with Crippen molar-refractivity contribution in [2.24, 2.45) is 4.99 Å². The van der Waals surface area contributed by atoms with Gasteiger partial charge >= 0.3 is 0 Å². The van der Waals surface area contributed by atoms with E-state index in [-0.39, 0.29) is 18.4 Å². The average molecular weight is 407 g/mol. The van der Waals surface area contributed by atoms with E-state index in [9.17, 15) is 0 Å². The Balaban J connectivity index is 0.00000240. The lowest BCUT2D eigenvalue weighted by atomic mass is 9.98. The standard InChI is InChI=1S/C25H26N2O.ClH/c1-4-10-20(11-5-1)25(27-24-14-8-3-9-19-26-24)21-15-17-23(18-16-21)28-22-12-6-2-7-13-22;/h1-2,4-7,10-13,15-18,25H,3,8-9,14,19H2,(H,26,27);1H. The van der Waals surface area contributed by atoms with Crippen molar-refractivity contribution in [3.8, 4) is 11.5 Å². The number of hydrogen-bond acceptors (Lipinski definition) is 3. The van der Waals surface area contributed by atoms with Crippen LogP contribution < -0.4 is 10.1 Å². The van der Waals surface area contributed by atoms with Crippen LogP contribution in [0.5, 0.6) is 11.5 Å². The van der Waals surface area contributed by atoms with Gasteiger partial charge in [-0.1, -0.05) is 67.1 Å². The number of nitrogens with zero attached hydrogens (tertiary/aromatic N) is 1. The maximum atomic E-state index is 5.94. The van der Waals surface area contributed by atoms with Gasteiger partial charge in [-0.25, -0.2) is 0 Å². The van der Waals surface area contributed by atoms with Crippen LogP contribution in [0, 0.1) is 0 Å². The number of para-hydroxylation sites is 1. The number of halogens is 1. The van der Waals surface area contributed by atoms with Gasteiger partial charge in [0.2, 0.25) is 0 Å². The third-order valence-corrected chi connectivity index (χ3v) is 5.01. The zero-order valence-corrected chi connectivity index (χ0v) is 17.3. The van der Waals surface area contributed by atoms with E-state index in [1.165, 1.54) is 30.4 Å². The molecular formula is C25H27ClN2O. The molecule has 1 unspecified atom stereocenters. The van der Waals surface area contributed by atoms with Crippen molar-refractivity contribution in [1.82, 2.24) is 5.32 Å². The number of amidine groups is 1. The van der Waals surface area contributed by atoms with Gasteiger partial charge in [0.25, 0.3) is 0 Å². The molecule has 1 aliphatic heterocycles. The van der Waals surface area contributed by atoms with Gasteiger partial charge in [0.15, 0.2) is 0 Å². The molecule has 0 saturated heterocycles. The highest BCUT2D eigenvalue weighted by Gasteiger charge is 2.16. The Kier molecular flexibility index (Phi) is 7.71. The van der Waals surface area contributed by atoms with Crippen LogP contribution >= 0.6 is 12.4 Å². The second-order valence-corrected chi connectivity index (χ2v) is 7.11. The monoisotopic (exact) mass is 406 g/mol. The van der Waals surface area contributed by atoms with Crippen molar-refractivity contribution in [3.05, 3.63) is 96.1 Å². The molecule has 0 amide bonds. The van der Waals surface area contributed by atoms with Gasteiger partial charge in [-0.2, -0.15) is 0 Å². The van der Waals surface area contributed by atoms with E-state index in [4.69, 9.17) is 9.73 Å². The lowest BCUT2D eigenvalue weighted by Gasteiger charge is -2.22. The lowest BCUT2D eigenvalue weighted by molar-refractivity contribution is 0.482. The summed E-state index contributed by atoms with van der Waals surface area (Å²) in [6, 6.07) is 28.9. The summed E-state index contributed by atoms with van der Waals surface area (Å²) in [5.74, 6) is 2.81. The van der Waals surface area contributed by atoms with Gasteiger partial charge in [-0.05, 0) is 48.2 Å². The number of aliphatic imine (C=N–C) groups is 1. The molecule has 0 spiro atoms. The Labute approximate surface area is 179 Å². The molecule has 29 heavy (non-hydrogen) atoms. The van der Waals surface area contributed by atoms with Crippen molar-refractivity contribution in [1.29, 1.82) is 0 Å². The lowest BCUT2D eigenvalue weighted by Crippen LogP contribution is -2.29.